The van der Waals surface area contributed by atoms with E-state index in [0.717, 1.165) is 25.7 Å². The molecule has 2 aromatic rings. The third-order valence-corrected chi connectivity index (χ3v) is 6.96. The Hall–Kier alpha value is -4.22. The molecule has 2 aliphatic rings. The minimum Gasteiger partial charge on any atom is -0.474 e. The van der Waals surface area contributed by atoms with Gasteiger partial charge in [0, 0.05) is 44.2 Å². The summed E-state index contributed by atoms with van der Waals surface area (Å²) in [5.74, 6) is -0.918. The molecule has 0 radical (unpaired) electrons. The first-order chi connectivity index (χ1) is 19.3. The number of nitrogens with zero attached hydrogens (tertiary/aromatic N) is 4. The molecule has 2 fully saturated rings. The molecule has 12 heteroatoms. The summed E-state index contributed by atoms with van der Waals surface area (Å²) in [5.41, 5.74) is 6.12. The van der Waals surface area contributed by atoms with Crippen LogP contribution in [0.1, 0.15) is 55.9 Å². The van der Waals surface area contributed by atoms with Crippen molar-refractivity contribution < 1.29 is 28.7 Å². The summed E-state index contributed by atoms with van der Waals surface area (Å²) < 4.78 is 11.1. The van der Waals surface area contributed by atoms with Crippen molar-refractivity contribution in [2.45, 2.75) is 57.6 Å². The predicted molar refractivity (Wildman–Crippen MR) is 145 cm³/mol. The van der Waals surface area contributed by atoms with Crippen LogP contribution in [0.5, 0.6) is 5.88 Å². The van der Waals surface area contributed by atoms with Gasteiger partial charge in [0.25, 0.3) is 5.91 Å². The lowest BCUT2D eigenvalue weighted by Crippen LogP contribution is -2.56. The van der Waals surface area contributed by atoms with Gasteiger partial charge in [-0.1, -0.05) is 30.3 Å². The fourth-order valence-corrected chi connectivity index (χ4v) is 4.82. The van der Waals surface area contributed by atoms with Crippen molar-refractivity contribution in [3.63, 3.8) is 0 Å². The predicted octanol–water partition coefficient (Wildman–Crippen LogP) is 2.13. The highest BCUT2D eigenvalue weighted by molar-refractivity contribution is 5.97. The summed E-state index contributed by atoms with van der Waals surface area (Å²) in [6.07, 6.45) is 3.51. The fourth-order valence-electron chi connectivity index (χ4n) is 4.82. The summed E-state index contributed by atoms with van der Waals surface area (Å²) in [6.45, 7) is 3.14. The van der Waals surface area contributed by atoms with Gasteiger partial charge in [0.2, 0.25) is 17.7 Å². The van der Waals surface area contributed by atoms with Crippen molar-refractivity contribution >= 4 is 23.8 Å². The minimum atomic E-state index is -1.01. The number of hydrogen-bond acceptors (Lipinski definition) is 8. The van der Waals surface area contributed by atoms with Crippen LogP contribution in [0.25, 0.3) is 11.4 Å². The molecule has 1 aromatic heterocycles. The average molecular weight is 553 g/mol. The SMILES string of the molecule is CCOC(=O)N1CCN(C(=O)C(CCC(N)=O)NC(=O)c2cc(OC3CCCC3)nc(-c3ccccc3)n2)CC1. The molecule has 3 N–H and O–H groups in total. The van der Waals surface area contributed by atoms with Crippen molar-refractivity contribution in [2.24, 2.45) is 5.73 Å². The van der Waals surface area contributed by atoms with E-state index in [2.05, 4.69) is 15.3 Å². The van der Waals surface area contributed by atoms with Gasteiger partial charge in [0.15, 0.2) is 5.82 Å². The van der Waals surface area contributed by atoms with Crippen molar-refractivity contribution in [1.82, 2.24) is 25.1 Å². The number of carbonyl (C=O) groups excluding carboxylic acids is 4. The Morgan fingerprint density at radius 1 is 1.02 bits per heavy atom. The van der Waals surface area contributed by atoms with E-state index in [0.29, 0.717) is 30.4 Å². The van der Waals surface area contributed by atoms with E-state index in [9.17, 15) is 19.2 Å². The highest BCUT2D eigenvalue weighted by atomic mass is 16.6. The van der Waals surface area contributed by atoms with Gasteiger partial charge in [-0.05, 0) is 39.0 Å². The zero-order valence-electron chi connectivity index (χ0n) is 22.7. The number of piperazine rings is 1. The Kier molecular flexibility index (Phi) is 9.87. The maximum Gasteiger partial charge on any atom is 0.409 e. The van der Waals surface area contributed by atoms with Crippen LogP contribution in [0.4, 0.5) is 4.79 Å². The number of aromatic nitrogens is 2. The molecule has 1 aliphatic carbocycles. The summed E-state index contributed by atoms with van der Waals surface area (Å²) in [6, 6.07) is 9.72. The molecule has 1 aromatic carbocycles. The molecule has 4 rings (SSSR count). The van der Waals surface area contributed by atoms with E-state index in [-0.39, 0.29) is 50.2 Å². The number of benzene rings is 1. The standard InChI is InChI=1S/C28H36N6O6/c1-2-39-28(38)34-16-14-33(15-17-34)27(37)21(12-13-23(29)35)31-26(36)22-18-24(40-20-10-6-7-11-20)32-25(30-22)19-8-4-3-5-9-19/h3-5,8-9,18,20-21H,2,6-7,10-17H2,1H3,(H2,29,35)(H,31,36). The number of nitrogens with one attached hydrogen (secondary N) is 1. The van der Waals surface area contributed by atoms with E-state index in [1.54, 1.807) is 11.8 Å². The first kappa shape index (κ1) is 28.8. The maximum absolute atomic E-state index is 13.5. The Bertz CT molecular complexity index is 1200. The highest BCUT2D eigenvalue weighted by Gasteiger charge is 2.31. The van der Waals surface area contributed by atoms with Crippen molar-refractivity contribution in [3.8, 4) is 17.3 Å². The Morgan fingerprint density at radius 3 is 2.35 bits per heavy atom. The minimum absolute atomic E-state index is 0.0209. The van der Waals surface area contributed by atoms with E-state index in [1.807, 2.05) is 30.3 Å². The average Bonchev–Trinajstić information content (AvgIpc) is 3.48. The normalized spacial score (nSPS) is 16.3. The van der Waals surface area contributed by atoms with E-state index in [4.69, 9.17) is 15.2 Å². The van der Waals surface area contributed by atoms with Gasteiger partial charge in [-0.2, -0.15) is 4.98 Å². The topological polar surface area (TPSA) is 157 Å². The molecule has 1 unspecified atom stereocenters. The molecule has 4 amide bonds. The summed E-state index contributed by atoms with van der Waals surface area (Å²) in [4.78, 5) is 62.6. The smallest absolute Gasteiger partial charge is 0.409 e. The Labute approximate surface area is 233 Å². The summed E-state index contributed by atoms with van der Waals surface area (Å²) in [5, 5.41) is 2.75. The third kappa shape index (κ3) is 7.67. The molecule has 0 bridgehead atoms. The number of rotatable bonds is 10. The molecule has 40 heavy (non-hydrogen) atoms. The highest BCUT2D eigenvalue weighted by Crippen LogP contribution is 2.25. The van der Waals surface area contributed by atoms with E-state index < -0.39 is 23.9 Å². The molecular weight excluding hydrogens is 516 g/mol. The van der Waals surface area contributed by atoms with Crippen LogP contribution in [0, 0.1) is 0 Å². The van der Waals surface area contributed by atoms with Crippen LogP contribution in [0.3, 0.4) is 0 Å². The molecule has 1 aliphatic heterocycles. The maximum atomic E-state index is 13.5. The van der Waals surface area contributed by atoms with Crippen LogP contribution >= 0.6 is 0 Å². The largest absolute Gasteiger partial charge is 0.474 e. The van der Waals surface area contributed by atoms with Crippen LogP contribution in [-0.4, -0.2) is 88.5 Å². The summed E-state index contributed by atoms with van der Waals surface area (Å²) >= 11 is 0. The van der Waals surface area contributed by atoms with Gasteiger partial charge in [-0.15, -0.1) is 0 Å². The number of hydrogen-bond donors (Lipinski definition) is 2. The molecule has 0 spiro atoms. The Morgan fingerprint density at radius 2 is 1.70 bits per heavy atom. The number of nitrogens with two attached hydrogens (primary N) is 1. The lowest BCUT2D eigenvalue weighted by molar-refractivity contribution is -0.135. The summed E-state index contributed by atoms with van der Waals surface area (Å²) in [7, 11) is 0. The molecule has 12 nitrogen and oxygen atoms in total. The van der Waals surface area contributed by atoms with Crippen molar-refractivity contribution in [3.05, 3.63) is 42.1 Å². The van der Waals surface area contributed by atoms with Crippen LogP contribution in [0.2, 0.25) is 0 Å². The van der Waals surface area contributed by atoms with Crippen LogP contribution in [-0.2, 0) is 14.3 Å². The number of primary amides is 1. The monoisotopic (exact) mass is 552 g/mol. The second kappa shape index (κ2) is 13.7. The zero-order chi connectivity index (χ0) is 28.5. The fraction of sp³-hybridized carbons (Fsp3) is 0.500. The van der Waals surface area contributed by atoms with E-state index in [1.165, 1.54) is 11.0 Å². The third-order valence-electron chi connectivity index (χ3n) is 6.96. The van der Waals surface area contributed by atoms with Gasteiger partial charge < -0.3 is 30.3 Å². The van der Waals surface area contributed by atoms with Gasteiger partial charge in [-0.3, -0.25) is 14.4 Å². The van der Waals surface area contributed by atoms with Crippen molar-refractivity contribution in [2.75, 3.05) is 32.8 Å². The van der Waals surface area contributed by atoms with E-state index >= 15 is 0 Å². The second-order valence-electron chi connectivity index (χ2n) is 9.85. The first-order valence-corrected chi connectivity index (χ1v) is 13.7. The van der Waals surface area contributed by atoms with Gasteiger partial charge in [0.1, 0.15) is 17.8 Å². The number of carbonyl (C=O) groups is 4. The number of amides is 4. The molecule has 1 atom stereocenters. The molecular formula is C28H36N6O6. The van der Waals surface area contributed by atoms with Gasteiger partial charge in [-0.25, -0.2) is 9.78 Å². The molecule has 214 valence electrons. The quantitative estimate of drug-likeness (QED) is 0.454. The van der Waals surface area contributed by atoms with Gasteiger partial charge >= 0.3 is 6.09 Å². The molecule has 1 saturated heterocycles. The molecule has 1 saturated carbocycles. The second-order valence-corrected chi connectivity index (χ2v) is 9.85. The van der Waals surface area contributed by atoms with Crippen LogP contribution < -0.4 is 15.8 Å². The first-order valence-electron chi connectivity index (χ1n) is 13.7. The lowest BCUT2D eigenvalue weighted by atomic mass is 10.1. The zero-order valence-corrected chi connectivity index (χ0v) is 22.7. The van der Waals surface area contributed by atoms with Crippen LogP contribution in [0.15, 0.2) is 36.4 Å². The lowest BCUT2D eigenvalue weighted by Gasteiger charge is -2.36. The number of ether oxygens (including phenoxy) is 2. The van der Waals surface area contributed by atoms with Gasteiger partial charge in [0.05, 0.1) is 6.61 Å². The Balaban J connectivity index is 1.52. The molecule has 2 heterocycles. The van der Waals surface area contributed by atoms with Crippen molar-refractivity contribution in [1.29, 1.82) is 0 Å².